The molecular weight excluding hydrogens is 342 g/mol. The molecule has 0 bridgehead atoms. The number of hydrogen-bond acceptors (Lipinski definition) is 7. The van der Waals surface area contributed by atoms with Crippen molar-refractivity contribution in [3.8, 4) is 0 Å². The molecule has 1 aromatic carbocycles. The molecule has 1 aliphatic rings. The van der Waals surface area contributed by atoms with E-state index in [0.717, 1.165) is 5.56 Å². The maximum absolute atomic E-state index is 11.9. The zero-order valence-electron chi connectivity index (χ0n) is 14.4. The fourth-order valence-corrected chi connectivity index (χ4v) is 4.02. The molecule has 25 heavy (non-hydrogen) atoms. The third-order valence-corrected chi connectivity index (χ3v) is 5.25. The van der Waals surface area contributed by atoms with Crippen molar-refractivity contribution in [3.05, 3.63) is 35.9 Å². The SMILES string of the molecule is CCOC(=O)C[C@H]1CCC(O)C1(NS)[C@@H](O)COCc1ccccc1. The number of esters is 1. The lowest BCUT2D eigenvalue weighted by Crippen LogP contribution is -2.62. The minimum absolute atomic E-state index is 0.0266. The monoisotopic (exact) mass is 369 g/mol. The van der Waals surface area contributed by atoms with E-state index >= 15 is 0 Å². The summed E-state index contributed by atoms with van der Waals surface area (Å²) < 4.78 is 13.4. The number of thiol groups is 1. The third-order valence-electron chi connectivity index (χ3n) is 4.87. The van der Waals surface area contributed by atoms with Crippen molar-refractivity contribution in [2.45, 2.75) is 50.5 Å². The Kier molecular flexibility index (Phi) is 7.71. The van der Waals surface area contributed by atoms with Crippen LogP contribution in [0.25, 0.3) is 0 Å². The zero-order chi connectivity index (χ0) is 18.3. The van der Waals surface area contributed by atoms with Gasteiger partial charge >= 0.3 is 5.97 Å². The van der Waals surface area contributed by atoms with Crippen molar-refractivity contribution in [2.24, 2.45) is 5.92 Å². The Morgan fingerprint density at radius 1 is 1.40 bits per heavy atom. The summed E-state index contributed by atoms with van der Waals surface area (Å²) in [6.07, 6.45) is -0.629. The van der Waals surface area contributed by atoms with Crippen LogP contribution < -0.4 is 4.72 Å². The van der Waals surface area contributed by atoms with E-state index in [-0.39, 0.29) is 24.9 Å². The second-order valence-electron chi connectivity index (χ2n) is 6.36. The maximum Gasteiger partial charge on any atom is 0.306 e. The summed E-state index contributed by atoms with van der Waals surface area (Å²) in [6.45, 7) is 2.44. The lowest BCUT2D eigenvalue weighted by atomic mass is 9.79. The Labute approximate surface area is 154 Å². The molecule has 6 nitrogen and oxygen atoms in total. The van der Waals surface area contributed by atoms with E-state index in [9.17, 15) is 15.0 Å². The summed E-state index contributed by atoms with van der Waals surface area (Å²) in [5, 5.41) is 21.2. The Morgan fingerprint density at radius 2 is 2.12 bits per heavy atom. The average molecular weight is 369 g/mol. The first-order valence-electron chi connectivity index (χ1n) is 8.59. The molecule has 0 radical (unpaired) electrons. The number of aliphatic hydroxyl groups is 2. The van der Waals surface area contributed by atoms with Gasteiger partial charge in [-0.1, -0.05) is 43.1 Å². The van der Waals surface area contributed by atoms with Crippen molar-refractivity contribution < 1.29 is 24.5 Å². The van der Waals surface area contributed by atoms with Crippen LogP contribution in [0.5, 0.6) is 0 Å². The highest BCUT2D eigenvalue weighted by Gasteiger charge is 2.54. The van der Waals surface area contributed by atoms with E-state index in [4.69, 9.17) is 9.47 Å². The van der Waals surface area contributed by atoms with E-state index in [0.29, 0.717) is 26.1 Å². The maximum atomic E-state index is 11.9. The fourth-order valence-electron chi connectivity index (χ4n) is 3.54. The first-order valence-corrected chi connectivity index (χ1v) is 9.04. The number of rotatable bonds is 9. The second-order valence-corrected chi connectivity index (χ2v) is 6.58. The molecule has 1 aromatic rings. The normalized spacial score (nSPS) is 27.2. The van der Waals surface area contributed by atoms with Crippen LogP contribution in [-0.4, -0.2) is 47.1 Å². The van der Waals surface area contributed by atoms with E-state index in [1.165, 1.54) is 0 Å². The molecule has 1 saturated carbocycles. The number of benzene rings is 1. The van der Waals surface area contributed by atoms with Gasteiger partial charge in [0.2, 0.25) is 0 Å². The molecular formula is C18H27NO5S. The van der Waals surface area contributed by atoms with Crippen LogP contribution >= 0.6 is 12.8 Å². The Balaban J connectivity index is 2.00. The van der Waals surface area contributed by atoms with Crippen LogP contribution in [0.1, 0.15) is 31.7 Å². The average Bonchev–Trinajstić information content (AvgIpc) is 2.92. The molecule has 2 unspecified atom stereocenters. The summed E-state index contributed by atoms with van der Waals surface area (Å²) in [4.78, 5) is 11.9. The molecule has 3 N–H and O–H groups in total. The number of nitrogens with one attached hydrogen (secondary N) is 1. The minimum Gasteiger partial charge on any atom is -0.466 e. The van der Waals surface area contributed by atoms with Crippen molar-refractivity contribution in [2.75, 3.05) is 13.2 Å². The first-order chi connectivity index (χ1) is 12.0. The molecule has 4 atom stereocenters. The molecule has 0 aromatic heterocycles. The van der Waals surface area contributed by atoms with Gasteiger partial charge in [0.25, 0.3) is 0 Å². The molecule has 7 heteroatoms. The number of ether oxygens (including phenoxy) is 2. The van der Waals surface area contributed by atoms with Gasteiger partial charge in [-0.3, -0.25) is 9.52 Å². The predicted molar refractivity (Wildman–Crippen MR) is 96.9 cm³/mol. The van der Waals surface area contributed by atoms with Gasteiger partial charge in [-0.25, -0.2) is 0 Å². The zero-order valence-corrected chi connectivity index (χ0v) is 15.3. The van der Waals surface area contributed by atoms with E-state index in [1.807, 2.05) is 30.3 Å². The van der Waals surface area contributed by atoms with Gasteiger partial charge < -0.3 is 19.7 Å². The van der Waals surface area contributed by atoms with Crippen LogP contribution in [0.4, 0.5) is 0 Å². The van der Waals surface area contributed by atoms with E-state index in [1.54, 1.807) is 6.92 Å². The topological polar surface area (TPSA) is 88.0 Å². The van der Waals surface area contributed by atoms with Crippen molar-refractivity contribution in [1.29, 1.82) is 0 Å². The molecule has 0 amide bonds. The van der Waals surface area contributed by atoms with Crippen LogP contribution in [-0.2, 0) is 20.9 Å². The van der Waals surface area contributed by atoms with E-state index in [2.05, 4.69) is 17.5 Å². The largest absolute Gasteiger partial charge is 0.466 e. The van der Waals surface area contributed by atoms with Crippen LogP contribution in [0.2, 0.25) is 0 Å². The smallest absolute Gasteiger partial charge is 0.306 e. The Bertz CT molecular complexity index is 544. The summed E-state index contributed by atoms with van der Waals surface area (Å²) in [7, 11) is 0. The molecule has 1 fully saturated rings. The lowest BCUT2D eigenvalue weighted by Gasteiger charge is -2.41. The summed E-state index contributed by atoms with van der Waals surface area (Å²) >= 11 is 4.15. The number of hydrogen-bond donors (Lipinski definition) is 4. The van der Waals surface area contributed by atoms with Gasteiger partial charge in [-0.2, -0.15) is 0 Å². The number of aliphatic hydroxyl groups excluding tert-OH is 2. The standard InChI is InChI=1S/C18H27NO5S/c1-2-24-17(22)10-14-8-9-15(20)18(14,19-25)16(21)12-23-11-13-6-4-3-5-7-13/h3-7,14-16,19-21,25H,2,8-12H2,1H3/t14-,15?,16+,18?/m1/s1. The van der Waals surface area contributed by atoms with Crippen molar-refractivity contribution in [3.63, 3.8) is 0 Å². The van der Waals surface area contributed by atoms with Crippen LogP contribution in [0, 0.1) is 5.92 Å². The minimum atomic E-state index is -1.10. The second kappa shape index (κ2) is 9.54. The van der Waals surface area contributed by atoms with Gasteiger partial charge in [0.15, 0.2) is 0 Å². The summed E-state index contributed by atoms with van der Waals surface area (Å²) in [5.74, 6) is -0.624. The Hall–Kier alpha value is -1.12. The molecule has 0 spiro atoms. The van der Waals surface area contributed by atoms with Gasteiger partial charge in [-0.05, 0) is 31.2 Å². The van der Waals surface area contributed by atoms with E-state index < -0.39 is 17.7 Å². The summed E-state index contributed by atoms with van der Waals surface area (Å²) in [5.41, 5.74) is -0.107. The molecule has 140 valence electrons. The Morgan fingerprint density at radius 3 is 2.76 bits per heavy atom. The molecule has 1 aliphatic carbocycles. The molecule has 0 saturated heterocycles. The van der Waals surface area contributed by atoms with Crippen LogP contribution in [0.3, 0.4) is 0 Å². The fraction of sp³-hybridized carbons (Fsp3) is 0.611. The van der Waals surface area contributed by atoms with Gasteiger partial charge in [0, 0.05) is 0 Å². The highest BCUT2D eigenvalue weighted by Crippen LogP contribution is 2.41. The lowest BCUT2D eigenvalue weighted by molar-refractivity contribution is -0.146. The molecule has 0 heterocycles. The van der Waals surface area contributed by atoms with Crippen LogP contribution in [0.15, 0.2) is 30.3 Å². The third kappa shape index (κ3) is 4.74. The highest BCUT2D eigenvalue weighted by molar-refractivity contribution is 7.78. The van der Waals surface area contributed by atoms with Gasteiger partial charge in [0.05, 0.1) is 44.0 Å². The van der Waals surface area contributed by atoms with Gasteiger partial charge in [0.1, 0.15) is 0 Å². The van der Waals surface area contributed by atoms with Crippen molar-refractivity contribution >= 4 is 18.8 Å². The van der Waals surface area contributed by atoms with Crippen molar-refractivity contribution in [1.82, 2.24) is 4.72 Å². The molecule has 2 rings (SSSR count). The highest BCUT2D eigenvalue weighted by atomic mass is 32.1. The number of carbonyl (C=O) groups excluding carboxylic acids is 1. The quantitative estimate of drug-likeness (QED) is 0.389. The number of carbonyl (C=O) groups is 1. The molecule has 0 aliphatic heterocycles. The first kappa shape index (κ1) is 20.2. The predicted octanol–water partition coefficient (Wildman–Crippen LogP) is 1.46. The summed E-state index contributed by atoms with van der Waals surface area (Å²) in [6, 6.07) is 9.64. The van der Waals surface area contributed by atoms with Gasteiger partial charge in [-0.15, -0.1) is 0 Å².